The molecule has 0 saturated carbocycles. The van der Waals surface area contributed by atoms with Crippen LogP contribution in [0.5, 0.6) is 0 Å². The zero-order valence-corrected chi connectivity index (χ0v) is 16.4. The highest BCUT2D eigenvalue weighted by Gasteiger charge is 2.44. The Morgan fingerprint density at radius 1 is 0.900 bits per heavy atom. The largest absolute Gasteiger partial charge is 0.294 e. The quantitative estimate of drug-likeness (QED) is 0.618. The Morgan fingerprint density at radius 2 is 1.57 bits per heavy atom. The number of carbonyl (C=O) groups excluding carboxylic acids is 1. The fourth-order valence-electron chi connectivity index (χ4n) is 4.68. The van der Waals surface area contributed by atoms with Gasteiger partial charge in [0.1, 0.15) is 6.04 Å². The van der Waals surface area contributed by atoms with Gasteiger partial charge < -0.3 is 0 Å². The summed E-state index contributed by atoms with van der Waals surface area (Å²) in [7, 11) is 0. The standard InChI is InChI=1S/C23H18F2N2O3/c1-23(2)10-17-19(18(28)11-23)20(12-7-8-15(24)16(25)9-12)27-22(30)14-6-4-3-5-13(14)21(29)26(17)27/h3-9,20H,10-11H2,1-2H3. The van der Waals surface area contributed by atoms with Crippen LogP contribution in [0.1, 0.15) is 38.3 Å². The van der Waals surface area contributed by atoms with Crippen LogP contribution < -0.4 is 11.1 Å². The van der Waals surface area contributed by atoms with Gasteiger partial charge in [0.05, 0.1) is 16.5 Å². The lowest BCUT2D eigenvalue weighted by Crippen LogP contribution is -2.37. The zero-order chi connectivity index (χ0) is 21.4. The lowest BCUT2D eigenvalue weighted by molar-refractivity contribution is -0.118. The number of hydrogen-bond acceptors (Lipinski definition) is 3. The van der Waals surface area contributed by atoms with Gasteiger partial charge in [0.2, 0.25) is 0 Å². The molecule has 5 rings (SSSR count). The number of carbonyl (C=O) groups is 1. The van der Waals surface area contributed by atoms with Crippen molar-refractivity contribution in [2.75, 3.05) is 0 Å². The Bertz CT molecular complexity index is 1410. The molecule has 1 aromatic heterocycles. The van der Waals surface area contributed by atoms with Crippen LogP contribution in [0, 0.1) is 17.0 Å². The highest BCUT2D eigenvalue weighted by molar-refractivity contribution is 6.04. The van der Waals surface area contributed by atoms with Crippen LogP contribution in [-0.2, 0) is 4.79 Å². The van der Waals surface area contributed by atoms with E-state index in [4.69, 9.17) is 0 Å². The first-order valence-corrected chi connectivity index (χ1v) is 9.68. The van der Waals surface area contributed by atoms with Gasteiger partial charge in [-0.25, -0.2) is 18.1 Å². The smallest absolute Gasteiger partial charge is 0.277 e. The third kappa shape index (κ3) is 2.47. The minimum atomic E-state index is -1.08. The summed E-state index contributed by atoms with van der Waals surface area (Å²) >= 11 is 0. The number of rotatable bonds is 1. The normalized spacial score (nSPS) is 19.9. The molecular weight excluding hydrogens is 390 g/mol. The number of allylic oxidation sites excluding steroid dienone is 2. The van der Waals surface area contributed by atoms with Crippen LogP contribution in [0.2, 0.25) is 0 Å². The average molecular weight is 408 g/mol. The van der Waals surface area contributed by atoms with Crippen LogP contribution in [0.3, 0.4) is 0 Å². The first-order valence-electron chi connectivity index (χ1n) is 9.68. The Kier molecular flexibility index (Phi) is 3.78. The van der Waals surface area contributed by atoms with E-state index in [1.165, 1.54) is 15.4 Å². The molecule has 152 valence electrons. The maximum Gasteiger partial charge on any atom is 0.277 e. The second-order valence-electron chi connectivity index (χ2n) is 8.69. The fraction of sp³-hybridized carbons (Fsp3) is 0.261. The monoisotopic (exact) mass is 408 g/mol. The lowest BCUT2D eigenvalue weighted by atomic mass is 9.74. The molecule has 0 amide bonds. The Hall–Kier alpha value is -3.35. The third-order valence-corrected chi connectivity index (χ3v) is 5.93. The van der Waals surface area contributed by atoms with Crippen LogP contribution in [0.25, 0.3) is 16.5 Å². The van der Waals surface area contributed by atoms with Crippen molar-refractivity contribution >= 4 is 22.3 Å². The van der Waals surface area contributed by atoms with Crippen molar-refractivity contribution in [2.45, 2.75) is 32.7 Å². The van der Waals surface area contributed by atoms with Crippen molar-refractivity contribution in [2.24, 2.45) is 5.41 Å². The molecule has 0 saturated heterocycles. The summed E-state index contributed by atoms with van der Waals surface area (Å²) < 4.78 is 30.1. The van der Waals surface area contributed by atoms with Crippen molar-refractivity contribution < 1.29 is 13.6 Å². The molecule has 2 aromatic carbocycles. The molecule has 0 bridgehead atoms. The summed E-state index contributed by atoms with van der Waals surface area (Å²) in [5.74, 6) is -2.30. The number of Topliss-reactive ketones (excluding diaryl/α,β-unsaturated/α-hetero) is 1. The highest BCUT2D eigenvalue weighted by atomic mass is 19.2. The summed E-state index contributed by atoms with van der Waals surface area (Å²) in [4.78, 5) is 39.9. The topological polar surface area (TPSA) is 61.1 Å². The molecule has 1 atom stereocenters. The van der Waals surface area contributed by atoms with Gasteiger partial charge in [-0.15, -0.1) is 0 Å². The van der Waals surface area contributed by atoms with Gasteiger partial charge in [-0.05, 0) is 41.7 Å². The summed E-state index contributed by atoms with van der Waals surface area (Å²) in [5, 5.41) is 0.477. The van der Waals surface area contributed by atoms with Gasteiger partial charge in [0.15, 0.2) is 17.4 Å². The van der Waals surface area contributed by atoms with Crippen LogP contribution in [0.4, 0.5) is 8.78 Å². The average Bonchev–Trinajstić information content (AvgIpc) is 3.03. The van der Waals surface area contributed by atoms with Gasteiger partial charge in [0.25, 0.3) is 11.1 Å². The van der Waals surface area contributed by atoms with Crippen LogP contribution in [0.15, 0.2) is 57.6 Å². The van der Waals surface area contributed by atoms with Gasteiger partial charge in [0, 0.05) is 12.0 Å². The lowest BCUT2D eigenvalue weighted by Gasteiger charge is -2.30. The number of aromatic nitrogens is 2. The molecule has 0 fully saturated rings. The molecule has 7 heteroatoms. The Labute approximate surface area is 169 Å². The van der Waals surface area contributed by atoms with Gasteiger partial charge in [-0.3, -0.25) is 14.4 Å². The van der Waals surface area contributed by atoms with Crippen molar-refractivity contribution in [3.05, 3.63) is 85.9 Å². The molecule has 30 heavy (non-hydrogen) atoms. The molecule has 0 spiro atoms. The van der Waals surface area contributed by atoms with Gasteiger partial charge >= 0.3 is 0 Å². The van der Waals surface area contributed by atoms with E-state index >= 15 is 0 Å². The van der Waals surface area contributed by atoms with Crippen molar-refractivity contribution in [1.82, 2.24) is 9.36 Å². The second-order valence-corrected chi connectivity index (χ2v) is 8.69. The summed E-state index contributed by atoms with van der Waals surface area (Å²) in [5.41, 5.74) is -0.260. The number of benzene rings is 2. The molecule has 1 aliphatic carbocycles. The molecule has 0 radical (unpaired) electrons. The first kappa shape index (κ1) is 18.7. The number of nitrogens with zero attached hydrogens (tertiary/aromatic N) is 2. The highest BCUT2D eigenvalue weighted by Crippen LogP contribution is 2.46. The van der Waals surface area contributed by atoms with Gasteiger partial charge in [-0.1, -0.05) is 32.0 Å². The predicted octanol–water partition coefficient (Wildman–Crippen LogP) is 3.64. The second kappa shape index (κ2) is 6.08. The molecule has 0 N–H and O–H groups in total. The van der Waals surface area contributed by atoms with E-state index in [-0.39, 0.29) is 28.5 Å². The van der Waals surface area contributed by atoms with E-state index in [0.717, 1.165) is 12.1 Å². The zero-order valence-electron chi connectivity index (χ0n) is 16.4. The maximum absolute atomic E-state index is 14.1. The molecule has 5 nitrogen and oxygen atoms in total. The van der Waals surface area contributed by atoms with Crippen molar-refractivity contribution in [3.63, 3.8) is 0 Å². The molecule has 2 aliphatic rings. The molecule has 2 heterocycles. The summed E-state index contributed by atoms with van der Waals surface area (Å²) in [6.07, 6.45) is 0.648. The molecular formula is C23H18F2N2O3. The van der Waals surface area contributed by atoms with E-state index in [9.17, 15) is 23.2 Å². The maximum atomic E-state index is 14.1. The van der Waals surface area contributed by atoms with E-state index in [1.54, 1.807) is 24.3 Å². The number of halogens is 2. The third-order valence-electron chi connectivity index (χ3n) is 5.93. The fourth-order valence-corrected chi connectivity index (χ4v) is 4.68. The first-order chi connectivity index (χ1) is 14.2. The number of hydrogen-bond donors (Lipinski definition) is 0. The van der Waals surface area contributed by atoms with Crippen molar-refractivity contribution in [3.8, 4) is 0 Å². The van der Waals surface area contributed by atoms with Crippen LogP contribution >= 0.6 is 0 Å². The minimum Gasteiger partial charge on any atom is -0.294 e. The van der Waals surface area contributed by atoms with E-state index in [1.807, 2.05) is 13.8 Å². The Balaban J connectivity index is 1.92. The number of ketones is 1. The summed E-state index contributed by atoms with van der Waals surface area (Å²) in [6.45, 7) is 3.85. The van der Waals surface area contributed by atoms with Crippen LogP contribution in [-0.4, -0.2) is 15.1 Å². The van der Waals surface area contributed by atoms with Gasteiger partial charge in [-0.2, -0.15) is 0 Å². The predicted molar refractivity (Wildman–Crippen MR) is 108 cm³/mol. The Morgan fingerprint density at radius 3 is 2.23 bits per heavy atom. The SMILES string of the molecule is CC1(C)CC(=O)C2=C(C1)n1c(=O)c3ccccc3c(=O)n1C2c1ccc(F)c(F)c1. The molecule has 1 aliphatic heterocycles. The van der Waals surface area contributed by atoms with Crippen molar-refractivity contribution in [1.29, 1.82) is 0 Å². The molecule has 3 aromatic rings. The van der Waals surface area contributed by atoms with E-state index in [0.29, 0.717) is 17.7 Å². The number of fused-ring (bicyclic) bond motifs is 3. The van der Waals surface area contributed by atoms with E-state index in [2.05, 4.69) is 0 Å². The molecule has 1 unspecified atom stereocenters. The minimum absolute atomic E-state index is 0.199. The summed E-state index contributed by atoms with van der Waals surface area (Å²) in [6, 6.07) is 8.78. The van der Waals surface area contributed by atoms with E-state index < -0.39 is 34.2 Å².